The maximum absolute atomic E-state index is 11.6. The van der Waals surface area contributed by atoms with E-state index in [0.717, 1.165) is 22.3 Å². The Bertz CT molecular complexity index is 906. The number of aliphatic hydroxyl groups excluding tert-OH is 1. The van der Waals surface area contributed by atoms with Crippen LogP contribution in [-0.4, -0.2) is 61.0 Å². The molecule has 0 atom stereocenters. The number of nitrogens with zero attached hydrogens (tertiary/aromatic N) is 1. The number of Topliss-reactive ketones (excluding diaryl/α,β-unsaturated/α-hetero) is 1. The first-order valence-electron chi connectivity index (χ1n) is 8.65. The van der Waals surface area contributed by atoms with Gasteiger partial charge in [-0.1, -0.05) is 12.1 Å². The highest BCUT2D eigenvalue weighted by atomic mass is 16.5. The summed E-state index contributed by atoms with van der Waals surface area (Å²) in [5, 5.41) is 9.00. The zero-order valence-corrected chi connectivity index (χ0v) is 15.1. The van der Waals surface area contributed by atoms with Gasteiger partial charge in [0.1, 0.15) is 24.8 Å². The lowest BCUT2D eigenvalue weighted by molar-refractivity contribution is 0.0544. The molecule has 0 aliphatic carbocycles. The van der Waals surface area contributed by atoms with Gasteiger partial charge in [-0.3, -0.25) is 4.79 Å². The molecule has 0 spiro atoms. The number of aliphatic hydroxyl groups is 1. The maximum atomic E-state index is 11.6. The highest BCUT2D eigenvalue weighted by Gasteiger charge is 2.10. The summed E-state index contributed by atoms with van der Waals surface area (Å²) < 4.78 is 16.0. The summed E-state index contributed by atoms with van der Waals surface area (Å²) in [5.41, 5.74) is 2.81. The number of hydrogen-bond acceptors (Lipinski definition) is 6. The van der Waals surface area contributed by atoms with Gasteiger partial charge in [0.15, 0.2) is 5.78 Å². The number of ether oxygens (including phenoxy) is 3. The van der Waals surface area contributed by atoms with Crippen LogP contribution in [0.4, 0.5) is 0 Å². The Hall–Kier alpha value is -2.74. The Kier molecular flexibility index (Phi) is 6.54. The third-order valence-corrected chi connectivity index (χ3v) is 3.98. The molecule has 0 radical (unpaired) electrons. The van der Waals surface area contributed by atoms with Crippen molar-refractivity contribution < 1.29 is 24.1 Å². The van der Waals surface area contributed by atoms with E-state index in [2.05, 4.69) is 9.97 Å². The zero-order chi connectivity index (χ0) is 19.1. The zero-order valence-electron chi connectivity index (χ0n) is 15.1. The first-order chi connectivity index (χ1) is 13.2. The smallest absolute Gasteiger partial charge is 0.188 e. The topological polar surface area (TPSA) is 93.7 Å². The monoisotopic (exact) mass is 370 g/mol. The molecule has 0 aliphatic rings. The number of aromatic nitrogens is 2. The lowest BCUT2D eigenvalue weighted by Gasteiger charge is -2.08. The van der Waals surface area contributed by atoms with Gasteiger partial charge in [0.2, 0.25) is 0 Å². The molecule has 3 rings (SSSR count). The molecule has 0 aliphatic heterocycles. The van der Waals surface area contributed by atoms with Crippen molar-refractivity contribution in [2.75, 3.05) is 40.1 Å². The molecule has 0 fully saturated rings. The summed E-state index contributed by atoms with van der Waals surface area (Å²) in [7, 11) is 1.63. The van der Waals surface area contributed by atoms with E-state index in [1.165, 1.54) is 0 Å². The quantitative estimate of drug-likeness (QED) is 0.421. The van der Waals surface area contributed by atoms with E-state index in [1.54, 1.807) is 25.3 Å². The molecular weight excluding hydrogens is 348 g/mol. The first-order valence-corrected chi connectivity index (χ1v) is 8.65. The van der Waals surface area contributed by atoms with Gasteiger partial charge in [-0.25, -0.2) is 4.98 Å². The minimum absolute atomic E-state index is 0.323. The van der Waals surface area contributed by atoms with E-state index in [9.17, 15) is 4.79 Å². The minimum atomic E-state index is -0.513. The molecule has 3 aromatic rings. The number of H-pyrrole nitrogens is 1. The second kappa shape index (κ2) is 9.27. The Morgan fingerprint density at radius 2 is 1.96 bits per heavy atom. The van der Waals surface area contributed by atoms with Gasteiger partial charge in [-0.15, -0.1) is 0 Å². The fourth-order valence-corrected chi connectivity index (χ4v) is 2.61. The molecule has 0 amide bonds. The predicted molar refractivity (Wildman–Crippen MR) is 101 cm³/mol. The molecule has 0 unspecified atom stereocenters. The van der Waals surface area contributed by atoms with Crippen LogP contribution in [0.3, 0.4) is 0 Å². The molecule has 2 N–H and O–H groups in total. The van der Waals surface area contributed by atoms with Crippen LogP contribution in [0.15, 0.2) is 42.5 Å². The number of rotatable bonds is 10. The fraction of sp³-hybridized carbons (Fsp3) is 0.300. The molecule has 7 nitrogen and oxygen atoms in total. The molecular formula is C20H22N2O5. The van der Waals surface area contributed by atoms with Crippen LogP contribution in [0.25, 0.3) is 22.4 Å². The lowest BCUT2D eigenvalue weighted by atomic mass is 10.1. The van der Waals surface area contributed by atoms with E-state index in [4.69, 9.17) is 19.3 Å². The van der Waals surface area contributed by atoms with Crippen molar-refractivity contribution in [1.82, 2.24) is 9.97 Å². The number of ketones is 1. The molecule has 0 saturated heterocycles. The Morgan fingerprint density at radius 1 is 1.11 bits per heavy atom. The number of nitrogens with one attached hydrogen (secondary N) is 1. The SMILES string of the molecule is COCCOCCOc1cccc(-c2nc3ccc(C(=O)CO)cc3[nH]2)c1. The van der Waals surface area contributed by atoms with Gasteiger partial charge in [-0.05, 0) is 30.3 Å². The van der Waals surface area contributed by atoms with Crippen molar-refractivity contribution in [3.05, 3.63) is 48.0 Å². The van der Waals surface area contributed by atoms with Crippen LogP contribution in [-0.2, 0) is 9.47 Å². The summed E-state index contributed by atoms with van der Waals surface area (Å²) in [6.45, 7) is 1.52. The van der Waals surface area contributed by atoms with Gasteiger partial charge in [0, 0.05) is 18.2 Å². The summed E-state index contributed by atoms with van der Waals surface area (Å²) in [5.74, 6) is 1.08. The lowest BCUT2D eigenvalue weighted by Crippen LogP contribution is -2.09. The van der Waals surface area contributed by atoms with Crippen molar-refractivity contribution in [2.45, 2.75) is 0 Å². The van der Waals surface area contributed by atoms with Crippen LogP contribution >= 0.6 is 0 Å². The van der Waals surface area contributed by atoms with Gasteiger partial charge >= 0.3 is 0 Å². The third kappa shape index (κ3) is 4.91. The molecule has 142 valence electrons. The van der Waals surface area contributed by atoms with Crippen molar-refractivity contribution in [3.8, 4) is 17.1 Å². The highest BCUT2D eigenvalue weighted by Crippen LogP contribution is 2.24. The van der Waals surface area contributed by atoms with E-state index < -0.39 is 6.61 Å². The number of hydrogen-bond donors (Lipinski definition) is 2. The van der Waals surface area contributed by atoms with Crippen LogP contribution in [0.5, 0.6) is 5.75 Å². The summed E-state index contributed by atoms with van der Waals surface area (Å²) in [6.07, 6.45) is 0. The molecule has 2 aromatic carbocycles. The highest BCUT2D eigenvalue weighted by molar-refractivity contribution is 5.99. The van der Waals surface area contributed by atoms with E-state index in [-0.39, 0.29) is 5.78 Å². The summed E-state index contributed by atoms with van der Waals surface area (Å²) >= 11 is 0. The number of imidazole rings is 1. The normalized spacial score (nSPS) is 11.0. The molecule has 7 heteroatoms. The first kappa shape index (κ1) is 19.0. The van der Waals surface area contributed by atoms with Crippen molar-refractivity contribution >= 4 is 16.8 Å². The van der Waals surface area contributed by atoms with Gasteiger partial charge < -0.3 is 24.3 Å². The van der Waals surface area contributed by atoms with E-state index in [1.807, 2.05) is 24.3 Å². The Balaban J connectivity index is 1.69. The number of aromatic amines is 1. The number of fused-ring (bicyclic) bond motifs is 1. The second-order valence-corrected chi connectivity index (χ2v) is 5.88. The van der Waals surface area contributed by atoms with Gasteiger partial charge in [-0.2, -0.15) is 0 Å². The molecule has 0 bridgehead atoms. The summed E-state index contributed by atoms with van der Waals surface area (Å²) in [6, 6.07) is 12.7. The molecule has 0 saturated carbocycles. The predicted octanol–water partition coefficient (Wildman–Crippen LogP) is 2.45. The number of benzene rings is 2. The second-order valence-electron chi connectivity index (χ2n) is 5.88. The summed E-state index contributed by atoms with van der Waals surface area (Å²) in [4.78, 5) is 19.4. The van der Waals surface area contributed by atoms with E-state index in [0.29, 0.717) is 37.8 Å². The maximum Gasteiger partial charge on any atom is 0.188 e. The van der Waals surface area contributed by atoms with Crippen LogP contribution in [0.1, 0.15) is 10.4 Å². The Labute approximate surface area is 156 Å². The van der Waals surface area contributed by atoms with Gasteiger partial charge in [0.05, 0.1) is 30.9 Å². The number of carbonyl (C=O) groups excluding carboxylic acids is 1. The van der Waals surface area contributed by atoms with Crippen molar-refractivity contribution in [1.29, 1.82) is 0 Å². The third-order valence-electron chi connectivity index (χ3n) is 3.98. The van der Waals surface area contributed by atoms with Gasteiger partial charge in [0.25, 0.3) is 0 Å². The average Bonchev–Trinajstić information content (AvgIpc) is 3.13. The Morgan fingerprint density at radius 3 is 2.78 bits per heavy atom. The largest absolute Gasteiger partial charge is 0.491 e. The van der Waals surface area contributed by atoms with Crippen LogP contribution in [0, 0.1) is 0 Å². The number of carbonyl (C=O) groups is 1. The molecule has 1 aromatic heterocycles. The molecule has 27 heavy (non-hydrogen) atoms. The average molecular weight is 370 g/mol. The standard InChI is InChI=1S/C20H22N2O5/c1-25-7-8-26-9-10-27-16-4-2-3-15(11-16)20-21-17-6-5-14(19(24)13-23)12-18(17)22-20/h2-6,11-12,23H,7-10,13H2,1H3,(H,21,22). The number of methoxy groups -OCH3 is 1. The van der Waals surface area contributed by atoms with Crippen molar-refractivity contribution in [3.63, 3.8) is 0 Å². The van der Waals surface area contributed by atoms with E-state index >= 15 is 0 Å². The minimum Gasteiger partial charge on any atom is -0.491 e. The van der Waals surface area contributed by atoms with Crippen LogP contribution < -0.4 is 4.74 Å². The van der Waals surface area contributed by atoms with Crippen molar-refractivity contribution in [2.24, 2.45) is 0 Å². The molecule has 1 heterocycles. The van der Waals surface area contributed by atoms with Crippen LogP contribution in [0.2, 0.25) is 0 Å². The fourth-order valence-electron chi connectivity index (χ4n) is 2.61.